The zero-order chi connectivity index (χ0) is 11.6. The van der Waals surface area contributed by atoms with Crippen LogP contribution in [0.15, 0.2) is 16.8 Å². The van der Waals surface area contributed by atoms with Gasteiger partial charge >= 0.3 is 0 Å². The quantitative estimate of drug-likeness (QED) is 0.781. The summed E-state index contributed by atoms with van der Waals surface area (Å²) in [6, 6.07) is 2.74. The van der Waals surface area contributed by atoms with Crippen LogP contribution in [0, 0.1) is 11.3 Å². The van der Waals surface area contributed by atoms with Crippen LogP contribution >= 0.6 is 11.3 Å². The molecule has 0 spiro atoms. The van der Waals surface area contributed by atoms with Gasteiger partial charge in [-0.05, 0) is 59.9 Å². The predicted molar refractivity (Wildman–Crippen MR) is 71.9 cm³/mol. The largest absolute Gasteiger partial charge is 0.310 e. The molecule has 1 aliphatic carbocycles. The molecule has 0 amide bonds. The van der Waals surface area contributed by atoms with Crippen LogP contribution in [0.4, 0.5) is 0 Å². The fraction of sp³-hybridized carbons (Fsp3) is 0.714. The van der Waals surface area contributed by atoms with E-state index in [1.165, 1.54) is 31.4 Å². The van der Waals surface area contributed by atoms with E-state index in [1.54, 1.807) is 11.3 Å². The molecular formula is C14H23NS. The van der Waals surface area contributed by atoms with E-state index in [-0.39, 0.29) is 0 Å². The highest BCUT2D eigenvalue weighted by Crippen LogP contribution is 2.50. The van der Waals surface area contributed by atoms with Crippen molar-refractivity contribution in [3.05, 3.63) is 22.4 Å². The van der Waals surface area contributed by atoms with E-state index in [0.717, 1.165) is 5.92 Å². The van der Waals surface area contributed by atoms with Crippen molar-refractivity contribution >= 4 is 11.3 Å². The van der Waals surface area contributed by atoms with Crippen LogP contribution in [0.2, 0.25) is 0 Å². The van der Waals surface area contributed by atoms with Gasteiger partial charge in [0, 0.05) is 12.6 Å². The molecule has 1 aromatic heterocycles. The molecule has 1 heterocycles. The minimum Gasteiger partial charge on any atom is -0.310 e. The maximum atomic E-state index is 3.70. The minimum absolute atomic E-state index is 0.510. The minimum atomic E-state index is 0.510. The Hall–Kier alpha value is -0.340. The van der Waals surface area contributed by atoms with Gasteiger partial charge in [0.1, 0.15) is 0 Å². The van der Waals surface area contributed by atoms with Gasteiger partial charge in [-0.15, -0.1) is 0 Å². The molecule has 1 aromatic rings. The van der Waals surface area contributed by atoms with Crippen molar-refractivity contribution in [2.75, 3.05) is 6.54 Å². The first-order valence-corrected chi connectivity index (χ1v) is 7.31. The summed E-state index contributed by atoms with van der Waals surface area (Å²) >= 11 is 1.79. The van der Waals surface area contributed by atoms with Gasteiger partial charge in [-0.3, -0.25) is 0 Å². The Labute approximate surface area is 103 Å². The van der Waals surface area contributed by atoms with E-state index in [0.29, 0.717) is 11.5 Å². The highest BCUT2D eigenvalue weighted by molar-refractivity contribution is 7.07. The zero-order valence-corrected chi connectivity index (χ0v) is 11.4. The smallest absolute Gasteiger partial charge is 0.0300 e. The monoisotopic (exact) mass is 237 g/mol. The summed E-state index contributed by atoms with van der Waals surface area (Å²) < 4.78 is 0. The van der Waals surface area contributed by atoms with Crippen molar-refractivity contribution in [2.45, 2.75) is 46.1 Å². The van der Waals surface area contributed by atoms with Crippen molar-refractivity contribution in [3.8, 4) is 0 Å². The Bertz CT molecular complexity index is 311. The lowest BCUT2D eigenvalue weighted by Crippen LogP contribution is -2.27. The van der Waals surface area contributed by atoms with Gasteiger partial charge in [-0.25, -0.2) is 0 Å². The fourth-order valence-corrected chi connectivity index (χ4v) is 3.26. The van der Waals surface area contributed by atoms with E-state index >= 15 is 0 Å². The Balaban J connectivity index is 1.79. The summed E-state index contributed by atoms with van der Waals surface area (Å²) in [6.07, 6.45) is 4.24. The average Bonchev–Trinajstić information content (AvgIpc) is 2.80. The van der Waals surface area contributed by atoms with Gasteiger partial charge in [-0.1, -0.05) is 13.8 Å². The SMILES string of the molecule is CC(C)CC1(CNC(C)c2ccsc2)CC1. The lowest BCUT2D eigenvalue weighted by molar-refractivity contribution is 0.352. The molecule has 1 atom stereocenters. The number of nitrogens with one attached hydrogen (secondary N) is 1. The molecule has 16 heavy (non-hydrogen) atoms. The van der Waals surface area contributed by atoms with Crippen LogP contribution < -0.4 is 5.32 Å². The molecule has 2 rings (SSSR count). The summed E-state index contributed by atoms with van der Waals surface area (Å²) in [5.74, 6) is 0.834. The molecule has 90 valence electrons. The lowest BCUT2D eigenvalue weighted by Gasteiger charge is -2.21. The second-order valence-corrected chi connectivity index (χ2v) is 6.54. The molecule has 1 fully saturated rings. The van der Waals surface area contributed by atoms with Gasteiger partial charge in [0.05, 0.1) is 0 Å². The first-order valence-electron chi connectivity index (χ1n) is 6.37. The van der Waals surface area contributed by atoms with E-state index in [4.69, 9.17) is 0 Å². The Morgan fingerprint density at radius 2 is 2.12 bits per heavy atom. The van der Waals surface area contributed by atoms with Crippen molar-refractivity contribution in [2.24, 2.45) is 11.3 Å². The molecule has 2 heteroatoms. The third-order valence-corrected chi connectivity index (χ3v) is 4.33. The van der Waals surface area contributed by atoms with Crippen LogP contribution in [0.3, 0.4) is 0 Å². The maximum absolute atomic E-state index is 3.70. The van der Waals surface area contributed by atoms with E-state index < -0.39 is 0 Å². The molecule has 0 saturated heterocycles. The Morgan fingerprint density at radius 1 is 1.38 bits per heavy atom. The first kappa shape index (κ1) is 12.1. The molecule has 0 aromatic carbocycles. The topological polar surface area (TPSA) is 12.0 Å². The Morgan fingerprint density at radius 3 is 2.62 bits per heavy atom. The summed E-state index contributed by atoms with van der Waals surface area (Å²) in [6.45, 7) is 8.14. The van der Waals surface area contributed by atoms with Gasteiger partial charge < -0.3 is 5.32 Å². The highest BCUT2D eigenvalue weighted by atomic mass is 32.1. The predicted octanol–water partition coefficient (Wildman–Crippen LogP) is 4.23. The van der Waals surface area contributed by atoms with Crippen molar-refractivity contribution in [3.63, 3.8) is 0 Å². The van der Waals surface area contributed by atoms with Gasteiger partial charge in [0.25, 0.3) is 0 Å². The van der Waals surface area contributed by atoms with Crippen LogP contribution in [0.1, 0.15) is 51.6 Å². The molecule has 0 bridgehead atoms. The van der Waals surface area contributed by atoms with Gasteiger partial charge in [0.15, 0.2) is 0 Å². The van der Waals surface area contributed by atoms with E-state index in [1.807, 2.05) is 0 Å². The van der Waals surface area contributed by atoms with Crippen LogP contribution in [-0.2, 0) is 0 Å². The third-order valence-electron chi connectivity index (χ3n) is 3.62. The van der Waals surface area contributed by atoms with Gasteiger partial charge in [-0.2, -0.15) is 11.3 Å². The van der Waals surface area contributed by atoms with E-state index in [9.17, 15) is 0 Å². The molecule has 1 unspecified atom stereocenters. The lowest BCUT2D eigenvalue weighted by atomic mass is 9.94. The normalized spacial score (nSPS) is 20.0. The molecule has 1 nitrogen and oxygen atoms in total. The van der Waals surface area contributed by atoms with Crippen LogP contribution in [0.25, 0.3) is 0 Å². The molecule has 1 saturated carbocycles. The second-order valence-electron chi connectivity index (χ2n) is 5.76. The summed E-state index contributed by atoms with van der Waals surface area (Å²) in [5, 5.41) is 8.11. The second kappa shape index (κ2) is 4.89. The maximum Gasteiger partial charge on any atom is 0.0300 e. The standard InChI is InChI=1S/C14H23NS/c1-11(2)8-14(5-6-14)10-15-12(3)13-4-7-16-9-13/h4,7,9,11-12,15H,5-6,8,10H2,1-3H3. The highest BCUT2D eigenvalue weighted by Gasteiger charge is 2.42. The molecule has 1 aliphatic rings. The zero-order valence-electron chi connectivity index (χ0n) is 10.6. The number of rotatable bonds is 6. The number of thiophene rings is 1. The average molecular weight is 237 g/mol. The number of hydrogen-bond acceptors (Lipinski definition) is 2. The van der Waals surface area contributed by atoms with E-state index in [2.05, 4.69) is 42.9 Å². The molecular weight excluding hydrogens is 214 g/mol. The first-order chi connectivity index (χ1) is 7.61. The molecule has 1 N–H and O–H groups in total. The van der Waals surface area contributed by atoms with Crippen LogP contribution in [0.5, 0.6) is 0 Å². The van der Waals surface area contributed by atoms with Crippen molar-refractivity contribution in [1.82, 2.24) is 5.32 Å². The Kier molecular flexibility index (Phi) is 3.70. The van der Waals surface area contributed by atoms with Gasteiger partial charge in [0.2, 0.25) is 0 Å². The number of hydrogen-bond donors (Lipinski definition) is 1. The summed E-state index contributed by atoms with van der Waals surface area (Å²) in [4.78, 5) is 0. The van der Waals surface area contributed by atoms with Crippen molar-refractivity contribution < 1.29 is 0 Å². The summed E-state index contributed by atoms with van der Waals surface area (Å²) in [7, 11) is 0. The third kappa shape index (κ3) is 3.08. The van der Waals surface area contributed by atoms with Crippen molar-refractivity contribution in [1.29, 1.82) is 0 Å². The molecule has 0 radical (unpaired) electrons. The van der Waals surface area contributed by atoms with Crippen LogP contribution in [-0.4, -0.2) is 6.54 Å². The molecule has 0 aliphatic heterocycles. The summed E-state index contributed by atoms with van der Waals surface area (Å²) in [5.41, 5.74) is 2.07. The fourth-order valence-electron chi connectivity index (χ4n) is 2.50.